The molecule has 4 aliphatic heterocycles. The first kappa shape index (κ1) is 26.3. The van der Waals surface area contributed by atoms with Crippen LogP contribution in [0.2, 0.25) is 0 Å². The van der Waals surface area contributed by atoms with Crippen LogP contribution < -0.4 is 20.4 Å². The molecule has 8 rings (SSSR count). The molecule has 5 heterocycles. The molecule has 222 valence electrons. The summed E-state index contributed by atoms with van der Waals surface area (Å²) in [5, 5.41) is 5.77. The van der Waals surface area contributed by atoms with Crippen LogP contribution in [0.3, 0.4) is 0 Å². The molecule has 0 radical (unpaired) electrons. The Hall–Kier alpha value is -4.29. The van der Waals surface area contributed by atoms with E-state index >= 15 is 0 Å². The zero-order valence-corrected chi connectivity index (χ0v) is 23.7. The Kier molecular flexibility index (Phi) is 6.60. The summed E-state index contributed by atoms with van der Waals surface area (Å²) in [6.07, 6.45) is 4.04. The van der Waals surface area contributed by atoms with Gasteiger partial charge < -0.3 is 34.6 Å². The molecule has 43 heavy (non-hydrogen) atoms. The third-order valence-electron chi connectivity index (χ3n) is 8.90. The SMILES string of the molecule is O=C(Nc1ccc(-c2nc(N3CCOCC3)nc(N3C4CCC3COC4)n2)cc1)Nc1ccc2c(c1)C(C1CC1)OC2=O. The largest absolute Gasteiger partial charge is 0.454 e. The van der Waals surface area contributed by atoms with Crippen LogP contribution in [-0.4, -0.2) is 78.6 Å². The second-order valence-corrected chi connectivity index (χ2v) is 11.8. The molecule has 2 amide bonds. The zero-order chi connectivity index (χ0) is 28.9. The van der Waals surface area contributed by atoms with Crippen molar-refractivity contribution < 1.29 is 23.8 Å². The summed E-state index contributed by atoms with van der Waals surface area (Å²) in [5.41, 5.74) is 3.51. The van der Waals surface area contributed by atoms with E-state index in [2.05, 4.69) is 20.4 Å². The number of carbonyl (C=O) groups is 2. The van der Waals surface area contributed by atoms with Crippen LogP contribution in [0.5, 0.6) is 0 Å². The number of hydrogen-bond acceptors (Lipinski definition) is 10. The van der Waals surface area contributed by atoms with Crippen molar-refractivity contribution in [1.29, 1.82) is 0 Å². The van der Waals surface area contributed by atoms with E-state index in [0.29, 0.717) is 67.0 Å². The number of carbonyl (C=O) groups excluding carboxylic acids is 2. The Morgan fingerprint density at radius 3 is 2.26 bits per heavy atom. The van der Waals surface area contributed by atoms with Crippen molar-refractivity contribution in [2.75, 3.05) is 60.0 Å². The lowest BCUT2D eigenvalue weighted by molar-refractivity contribution is 0.0338. The monoisotopic (exact) mass is 583 g/mol. The maximum absolute atomic E-state index is 12.9. The van der Waals surface area contributed by atoms with Crippen LogP contribution in [0.25, 0.3) is 11.4 Å². The number of hydrogen-bond donors (Lipinski definition) is 2. The zero-order valence-electron chi connectivity index (χ0n) is 23.7. The number of ether oxygens (including phenoxy) is 3. The molecule has 1 aromatic heterocycles. The minimum atomic E-state index is -0.374. The number of rotatable bonds is 6. The maximum atomic E-state index is 12.9. The Balaban J connectivity index is 1.00. The molecule has 0 spiro atoms. The van der Waals surface area contributed by atoms with E-state index < -0.39 is 0 Å². The van der Waals surface area contributed by atoms with Crippen LogP contribution in [0, 0.1) is 5.92 Å². The van der Waals surface area contributed by atoms with Gasteiger partial charge in [0.25, 0.3) is 0 Å². The van der Waals surface area contributed by atoms with Gasteiger partial charge in [-0.2, -0.15) is 15.0 Å². The third kappa shape index (κ3) is 5.14. The van der Waals surface area contributed by atoms with Gasteiger partial charge in [-0.3, -0.25) is 0 Å². The summed E-state index contributed by atoms with van der Waals surface area (Å²) in [6.45, 7) is 4.11. The van der Waals surface area contributed by atoms with Crippen LogP contribution in [0.1, 0.15) is 47.7 Å². The molecule has 12 heteroatoms. The number of benzene rings is 2. The summed E-state index contributed by atoms with van der Waals surface area (Å²) in [7, 11) is 0. The van der Waals surface area contributed by atoms with Crippen LogP contribution >= 0.6 is 0 Å². The van der Waals surface area contributed by atoms with Crippen molar-refractivity contribution in [2.45, 2.75) is 43.9 Å². The van der Waals surface area contributed by atoms with Crippen molar-refractivity contribution in [1.82, 2.24) is 15.0 Å². The number of fused-ring (bicyclic) bond motifs is 3. The summed E-state index contributed by atoms with van der Waals surface area (Å²) in [6, 6.07) is 13.0. The molecule has 2 N–H and O–H groups in total. The molecule has 4 fully saturated rings. The van der Waals surface area contributed by atoms with Gasteiger partial charge in [-0.25, -0.2) is 9.59 Å². The molecular weight excluding hydrogens is 550 g/mol. The van der Waals surface area contributed by atoms with Crippen molar-refractivity contribution in [3.05, 3.63) is 53.6 Å². The van der Waals surface area contributed by atoms with Crippen molar-refractivity contribution in [3.8, 4) is 11.4 Å². The topological polar surface area (TPSA) is 131 Å². The van der Waals surface area contributed by atoms with Gasteiger partial charge in [0, 0.05) is 41.5 Å². The lowest BCUT2D eigenvalue weighted by Gasteiger charge is -2.35. The number of amides is 2. The van der Waals surface area contributed by atoms with E-state index in [-0.39, 0.29) is 30.2 Å². The molecule has 1 aliphatic carbocycles. The van der Waals surface area contributed by atoms with Gasteiger partial charge in [-0.05, 0) is 68.1 Å². The lowest BCUT2D eigenvalue weighted by atomic mass is 10.0. The molecule has 12 nitrogen and oxygen atoms in total. The molecule has 5 aliphatic rings. The van der Waals surface area contributed by atoms with Crippen molar-refractivity contribution in [3.63, 3.8) is 0 Å². The standard InChI is InChI=1S/C31H33N7O5/c39-28-24-10-7-21(15-25(24)26(43-28)18-1-2-18)33-31(40)32-20-5-3-19(4-6-20)27-34-29(37-11-13-41-14-12-37)36-30(35-27)38-22-8-9-23(38)17-42-16-22/h3-7,10,15,18,22-23,26H,1-2,8-9,11-14,16-17H2,(H2,32,33,40). The normalized spacial score (nSPS) is 24.5. The fourth-order valence-corrected chi connectivity index (χ4v) is 6.51. The third-order valence-corrected chi connectivity index (χ3v) is 8.90. The predicted octanol–water partition coefficient (Wildman–Crippen LogP) is 4.01. The van der Waals surface area contributed by atoms with Crippen molar-refractivity contribution in [2.24, 2.45) is 5.92 Å². The fourth-order valence-electron chi connectivity index (χ4n) is 6.51. The highest BCUT2D eigenvalue weighted by Gasteiger charge is 2.42. The van der Waals surface area contributed by atoms with Crippen LogP contribution in [0.15, 0.2) is 42.5 Å². The molecular formula is C31H33N7O5. The van der Waals surface area contributed by atoms with E-state index in [1.807, 2.05) is 30.3 Å². The first-order valence-electron chi connectivity index (χ1n) is 15.1. The average molecular weight is 584 g/mol. The molecule has 3 atom stereocenters. The average Bonchev–Trinajstić information content (AvgIpc) is 3.78. The number of aromatic nitrogens is 3. The Morgan fingerprint density at radius 1 is 0.814 bits per heavy atom. The number of cyclic esters (lactones) is 1. The highest BCUT2D eigenvalue weighted by atomic mass is 16.5. The second-order valence-electron chi connectivity index (χ2n) is 11.8. The quantitative estimate of drug-likeness (QED) is 0.411. The second kappa shape index (κ2) is 10.8. The number of morpholine rings is 2. The van der Waals surface area contributed by atoms with Gasteiger partial charge in [0.1, 0.15) is 6.10 Å². The fraction of sp³-hybridized carbons (Fsp3) is 0.452. The summed E-state index contributed by atoms with van der Waals surface area (Å²) in [5.74, 6) is 2.02. The molecule has 2 aromatic carbocycles. The van der Waals surface area contributed by atoms with Crippen LogP contribution in [0.4, 0.5) is 28.1 Å². The maximum Gasteiger partial charge on any atom is 0.339 e. The van der Waals surface area contributed by atoms with Crippen molar-refractivity contribution >= 4 is 35.3 Å². The van der Waals surface area contributed by atoms with Crippen LogP contribution in [-0.2, 0) is 14.2 Å². The number of nitrogens with zero attached hydrogens (tertiary/aromatic N) is 5. The minimum absolute atomic E-state index is 0.210. The highest BCUT2D eigenvalue weighted by Crippen LogP contribution is 2.48. The summed E-state index contributed by atoms with van der Waals surface area (Å²) < 4.78 is 16.9. The summed E-state index contributed by atoms with van der Waals surface area (Å²) >= 11 is 0. The van der Waals surface area contributed by atoms with E-state index in [1.165, 1.54) is 0 Å². The van der Waals surface area contributed by atoms with E-state index in [4.69, 9.17) is 29.2 Å². The van der Waals surface area contributed by atoms with Gasteiger partial charge in [0.05, 0.1) is 44.1 Å². The van der Waals surface area contributed by atoms with E-state index in [0.717, 1.165) is 49.9 Å². The molecule has 3 aromatic rings. The smallest absolute Gasteiger partial charge is 0.339 e. The van der Waals surface area contributed by atoms with Gasteiger partial charge in [0.15, 0.2) is 5.82 Å². The Bertz CT molecular complexity index is 1540. The molecule has 1 saturated carbocycles. The van der Waals surface area contributed by atoms with Gasteiger partial charge in [0.2, 0.25) is 11.9 Å². The van der Waals surface area contributed by atoms with E-state index in [9.17, 15) is 9.59 Å². The first-order valence-corrected chi connectivity index (χ1v) is 15.1. The minimum Gasteiger partial charge on any atom is -0.454 e. The highest BCUT2D eigenvalue weighted by molar-refractivity contribution is 6.01. The number of urea groups is 1. The Morgan fingerprint density at radius 2 is 1.51 bits per heavy atom. The summed E-state index contributed by atoms with van der Waals surface area (Å²) in [4.78, 5) is 44.2. The lowest BCUT2D eigenvalue weighted by Crippen LogP contribution is -2.47. The number of anilines is 4. The molecule has 2 bridgehead atoms. The van der Waals surface area contributed by atoms with Gasteiger partial charge in [-0.15, -0.1) is 0 Å². The van der Waals surface area contributed by atoms with E-state index in [1.54, 1.807) is 12.1 Å². The van der Waals surface area contributed by atoms with Gasteiger partial charge in [-0.1, -0.05) is 0 Å². The number of esters is 1. The van der Waals surface area contributed by atoms with Gasteiger partial charge >= 0.3 is 12.0 Å². The first-order chi connectivity index (χ1) is 21.1. The molecule has 3 unspecified atom stereocenters. The Labute approximate surface area is 248 Å². The molecule has 3 saturated heterocycles. The predicted molar refractivity (Wildman–Crippen MR) is 158 cm³/mol. The number of nitrogens with one attached hydrogen (secondary N) is 2.